The highest BCUT2D eigenvalue weighted by Crippen LogP contribution is 2.28. The zero-order valence-corrected chi connectivity index (χ0v) is 19.8. The van der Waals surface area contributed by atoms with Gasteiger partial charge >= 0.3 is 0 Å². The van der Waals surface area contributed by atoms with Crippen LogP contribution in [0.1, 0.15) is 73.6 Å². The van der Waals surface area contributed by atoms with Gasteiger partial charge in [0, 0.05) is 19.5 Å². The van der Waals surface area contributed by atoms with Crippen molar-refractivity contribution in [2.24, 2.45) is 10.8 Å². The second kappa shape index (κ2) is 13.0. The first-order valence-electron chi connectivity index (χ1n) is 11.3. The van der Waals surface area contributed by atoms with E-state index in [1.807, 2.05) is 0 Å². The quantitative estimate of drug-likeness (QED) is 0.412. The van der Waals surface area contributed by atoms with Crippen LogP contribution in [0.2, 0.25) is 0 Å². The second-order valence-electron chi connectivity index (χ2n) is 10.4. The number of nitrogens with one attached hydrogen (secondary N) is 3. The van der Waals surface area contributed by atoms with Crippen molar-refractivity contribution < 1.29 is 4.79 Å². The summed E-state index contributed by atoms with van der Waals surface area (Å²) in [5, 5.41) is 10.0. The number of rotatable bonds is 12. The van der Waals surface area contributed by atoms with E-state index in [0.717, 1.165) is 45.6 Å². The van der Waals surface area contributed by atoms with Crippen molar-refractivity contribution in [1.82, 2.24) is 16.0 Å². The molecule has 0 heterocycles. The molecule has 0 bridgehead atoms. The zero-order chi connectivity index (χ0) is 21.8. The molecule has 3 N–H and O–H groups in total. The Morgan fingerprint density at radius 1 is 0.897 bits per heavy atom. The lowest BCUT2D eigenvalue weighted by atomic mass is 9.86. The summed E-state index contributed by atoms with van der Waals surface area (Å²) in [6.07, 6.45) is 14.1. The normalized spacial score (nSPS) is 15.0. The van der Waals surface area contributed by atoms with Crippen molar-refractivity contribution in [1.29, 1.82) is 0 Å². The Hall–Kier alpha value is -1.39. The molecule has 1 amide bonds. The Kier molecular flexibility index (Phi) is 11.5. The molecule has 166 valence electrons. The highest BCUT2D eigenvalue weighted by atomic mass is 16.1. The number of unbranched alkanes of at least 4 members (excludes halogenated alkanes) is 1. The summed E-state index contributed by atoms with van der Waals surface area (Å²) in [6.45, 7) is 17.9. The first kappa shape index (κ1) is 25.6. The third kappa shape index (κ3) is 13.5. The first-order valence-corrected chi connectivity index (χ1v) is 11.3. The van der Waals surface area contributed by atoms with Crippen LogP contribution in [0.15, 0.2) is 35.5 Å². The maximum Gasteiger partial charge on any atom is 0.220 e. The first-order chi connectivity index (χ1) is 13.6. The molecule has 0 aromatic carbocycles. The number of hydrogen-bond donors (Lipinski definition) is 3. The molecule has 0 aromatic rings. The maximum absolute atomic E-state index is 11.7. The number of carbonyl (C=O) groups is 1. The average Bonchev–Trinajstić information content (AvgIpc) is 2.83. The smallest absolute Gasteiger partial charge is 0.220 e. The van der Waals surface area contributed by atoms with Gasteiger partial charge in [0.2, 0.25) is 5.91 Å². The van der Waals surface area contributed by atoms with E-state index < -0.39 is 0 Å². The molecule has 0 saturated heterocycles. The van der Waals surface area contributed by atoms with Gasteiger partial charge in [-0.05, 0) is 61.7 Å². The molecule has 4 heteroatoms. The fourth-order valence-electron chi connectivity index (χ4n) is 3.16. The number of carbonyl (C=O) groups excluding carboxylic acids is 1. The largest absolute Gasteiger partial charge is 0.356 e. The van der Waals surface area contributed by atoms with Crippen molar-refractivity contribution in [2.75, 3.05) is 32.7 Å². The topological polar surface area (TPSA) is 53.2 Å². The van der Waals surface area contributed by atoms with Gasteiger partial charge in [0.15, 0.2) is 0 Å². The van der Waals surface area contributed by atoms with Gasteiger partial charge in [-0.2, -0.15) is 0 Å². The Bertz CT molecular complexity index is 574. The molecular formula is C25H45N3O. The average molecular weight is 404 g/mol. The van der Waals surface area contributed by atoms with Gasteiger partial charge in [-0.1, -0.05) is 71.4 Å². The van der Waals surface area contributed by atoms with E-state index in [4.69, 9.17) is 0 Å². The lowest BCUT2D eigenvalue weighted by Crippen LogP contribution is -2.30. The summed E-state index contributed by atoms with van der Waals surface area (Å²) in [6, 6.07) is 0. The third-order valence-electron chi connectivity index (χ3n) is 4.89. The van der Waals surface area contributed by atoms with Crippen LogP contribution in [-0.2, 0) is 4.79 Å². The fourth-order valence-corrected chi connectivity index (χ4v) is 3.16. The minimum absolute atomic E-state index is 0.0614. The summed E-state index contributed by atoms with van der Waals surface area (Å²) in [5.74, 6) is 0.160. The number of amides is 1. The van der Waals surface area contributed by atoms with E-state index in [-0.39, 0.29) is 16.7 Å². The van der Waals surface area contributed by atoms with Crippen LogP contribution >= 0.6 is 0 Å². The zero-order valence-electron chi connectivity index (χ0n) is 19.8. The summed E-state index contributed by atoms with van der Waals surface area (Å²) in [5.41, 5.74) is 3.12. The molecule has 1 rings (SSSR count). The summed E-state index contributed by atoms with van der Waals surface area (Å²) >= 11 is 0. The Morgan fingerprint density at radius 2 is 1.55 bits per heavy atom. The van der Waals surface area contributed by atoms with Crippen LogP contribution in [-0.4, -0.2) is 38.6 Å². The van der Waals surface area contributed by atoms with Crippen molar-refractivity contribution in [3.63, 3.8) is 0 Å². The Morgan fingerprint density at radius 3 is 2.21 bits per heavy atom. The fraction of sp³-hybridized carbons (Fsp3) is 0.720. The molecule has 0 saturated carbocycles. The highest BCUT2D eigenvalue weighted by Gasteiger charge is 2.15. The third-order valence-corrected chi connectivity index (χ3v) is 4.89. The molecule has 1 aliphatic carbocycles. The second-order valence-corrected chi connectivity index (χ2v) is 10.4. The predicted molar refractivity (Wildman–Crippen MR) is 126 cm³/mol. The number of allylic oxidation sites excluding steroid dienone is 5. The lowest BCUT2D eigenvalue weighted by molar-refractivity contribution is -0.122. The minimum atomic E-state index is 0.0614. The molecule has 0 aliphatic heterocycles. The molecule has 0 fully saturated rings. The van der Waals surface area contributed by atoms with Crippen LogP contribution < -0.4 is 16.0 Å². The molecule has 4 nitrogen and oxygen atoms in total. The van der Waals surface area contributed by atoms with Gasteiger partial charge < -0.3 is 16.0 Å². The van der Waals surface area contributed by atoms with Gasteiger partial charge in [0.25, 0.3) is 0 Å². The van der Waals surface area contributed by atoms with Gasteiger partial charge in [-0.15, -0.1) is 0 Å². The molecule has 0 atom stereocenters. The van der Waals surface area contributed by atoms with Crippen molar-refractivity contribution in [3.8, 4) is 0 Å². The summed E-state index contributed by atoms with van der Waals surface area (Å²) in [7, 11) is 0. The summed E-state index contributed by atoms with van der Waals surface area (Å²) < 4.78 is 0. The molecule has 1 aliphatic rings. The van der Waals surface area contributed by atoms with Crippen LogP contribution in [0.5, 0.6) is 0 Å². The molecular weight excluding hydrogens is 358 g/mol. The van der Waals surface area contributed by atoms with E-state index in [1.165, 1.54) is 24.0 Å². The van der Waals surface area contributed by atoms with Crippen LogP contribution in [0.3, 0.4) is 0 Å². The van der Waals surface area contributed by atoms with E-state index in [9.17, 15) is 4.79 Å². The van der Waals surface area contributed by atoms with Crippen molar-refractivity contribution in [2.45, 2.75) is 73.6 Å². The van der Waals surface area contributed by atoms with E-state index in [1.54, 1.807) is 0 Å². The van der Waals surface area contributed by atoms with Crippen molar-refractivity contribution in [3.05, 3.63) is 35.5 Å². The van der Waals surface area contributed by atoms with Gasteiger partial charge in [-0.3, -0.25) is 4.79 Å². The number of hydrogen-bond acceptors (Lipinski definition) is 3. The Labute approximate surface area is 179 Å². The van der Waals surface area contributed by atoms with Crippen molar-refractivity contribution >= 4 is 5.91 Å². The standard InChI is InChI=1S/C25H45N3O/c1-24(2,3)19-23(29)28-18-10-17-26-15-7-8-16-27-20-21-11-9-12-22(14-13-21)25(4,5)6/h9,12-14,26-27H,7-8,10-11,15-20H2,1-6H3,(H,28,29). The van der Waals surface area contributed by atoms with Crippen LogP contribution in [0.25, 0.3) is 0 Å². The van der Waals surface area contributed by atoms with Gasteiger partial charge in [0.05, 0.1) is 0 Å². The van der Waals surface area contributed by atoms with E-state index in [2.05, 4.69) is 81.8 Å². The van der Waals surface area contributed by atoms with E-state index >= 15 is 0 Å². The maximum atomic E-state index is 11.7. The monoisotopic (exact) mass is 403 g/mol. The minimum Gasteiger partial charge on any atom is -0.356 e. The Balaban J connectivity index is 1.99. The van der Waals surface area contributed by atoms with Gasteiger partial charge in [0.1, 0.15) is 0 Å². The van der Waals surface area contributed by atoms with E-state index in [0.29, 0.717) is 6.42 Å². The predicted octanol–water partition coefficient (Wildman–Crippen LogP) is 4.75. The van der Waals surface area contributed by atoms with Crippen LogP contribution in [0, 0.1) is 10.8 Å². The highest BCUT2D eigenvalue weighted by molar-refractivity contribution is 5.76. The lowest BCUT2D eigenvalue weighted by Gasteiger charge is -2.19. The van der Waals surface area contributed by atoms with Crippen LogP contribution in [0.4, 0.5) is 0 Å². The summed E-state index contributed by atoms with van der Waals surface area (Å²) in [4.78, 5) is 11.7. The molecule has 0 aromatic heterocycles. The van der Waals surface area contributed by atoms with Gasteiger partial charge in [-0.25, -0.2) is 0 Å². The molecule has 0 radical (unpaired) electrons. The molecule has 29 heavy (non-hydrogen) atoms. The SMILES string of the molecule is CC(C)(C)CC(=O)NCCCNCCCCNCC1=CC=C(C(C)(C)C)C=CC1. The molecule has 0 spiro atoms. The molecule has 0 unspecified atom stereocenters.